The number of benzene rings is 1. The van der Waals surface area contributed by atoms with Crippen LogP contribution in [0.25, 0.3) is 0 Å². The van der Waals surface area contributed by atoms with E-state index in [1.54, 1.807) is 0 Å². The number of nitroso groups, excluding NO2 is 1. The van der Waals surface area contributed by atoms with Crippen LogP contribution in [0.1, 0.15) is 17.2 Å². The van der Waals surface area contributed by atoms with Gasteiger partial charge in [-0.05, 0) is 17.5 Å². The molecule has 0 saturated heterocycles. The standard InChI is InChI=1S/C10H9NO/c12-11-10-7-3-5-8-4-1-2-6-9(8)10/h1-4,6-7,10H,5H2. The highest BCUT2D eigenvalue weighted by molar-refractivity contribution is 5.37. The van der Waals surface area contributed by atoms with Gasteiger partial charge in [-0.2, -0.15) is 0 Å². The van der Waals surface area contributed by atoms with E-state index in [0.29, 0.717) is 0 Å². The van der Waals surface area contributed by atoms with Crippen molar-refractivity contribution in [2.24, 2.45) is 5.18 Å². The SMILES string of the molecule is O=NC1C=CCc2ccccc21. The molecule has 12 heavy (non-hydrogen) atoms. The molecule has 1 aromatic carbocycles. The van der Waals surface area contributed by atoms with Crippen molar-refractivity contribution < 1.29 is 0 Å². The Morgan fingerprint density at radius 3 is 3.00 bits per heavy atom. The third kappa shape index (κ3) is 1.05. The van der Waals surface area contributed by atoms with E-state index in [2.05, 4.69) is 5.18 Å². The van der Waals surface area contributed by atoms with E-state index in [1.165, 1.54) is 5.56 Å². The van der Waals surface area contributed by atoms with Gasteiger partial charge in [0.25, 0.3) is 0 Å². The van der Waals surface area contributed by atoms with Gasteiger partial charge in [-0.15, -0.1) is 4.91 Å². The summed E-state index contributed by atoms with van der Waals surface area (Å²) in [4.78, 5) is 10.4. The molecule has 1 aliphatic rings. The van der Waals surface area contributed by atoms with E-state index in [1.807, 2.05) is 36.4 Å². The first-order valence-electron chi connectivity index (χ1n) is 3.99. The smallest absolute Gasteiger partial charge is 0.135 e. The molecule has 0 spiro atoms. The van der Waals surface area contributed by atoms with Crippen molar-refractivity contribution in [2.75, 3.05) is 0 Å². The van der Waals surface area contributed by atoms with Crippen LogP contribution >= 0.6 is 0 Å². The molecule has 0 aromatic heterocycles. The van der Waals surface area contributed by atoms with Crippen LogP contribution < -0.4 is 0 Å². The molecule has 0 bridgehead atoms. The summed E-state index contributed by atoms with van der Waals surface area (Å²) in [6.45, 7) is 0. The predicted octanol–water partition coefficient (Wildman–Crippen LogP) is 2.61. The number of hydrogen-bond acceptors (Lipinski definition) is 2. The van der Waals surface area contributed by atoms with Gasteiger partial charge in [0, 0.05) is 0 Å². The maximum Gasteiger partial charge on any atom is 0.135 e. The van der Waals surface area contributed by atoms with Gasteiger partial charge in [0.15, 0.2) is 0 Å². The van der Waals surface area contributed by atoms with Crippen molar-refractivity contribution in [3.63, 3.8) is 0 Å². The third-order valence-corrected chi connectivity index (χ3v) is 2.14. The molecule has 0 N–H and O–H groups in total. The highest BCUT2D eigenvalue weighted by Crippen LogP contribution is 2.26. The summed E-state index contributed by atoms with van der Waals surface area (Å²) in [5, 5.41) is 3.05. The van der Waals surface area contributed by atoms with Crippen molar-refractivity contribution in [1.82, 2.24) is 0 Å². The molecule has 2 nitrogen and oxygen atoms in total. The number of rotatable bonds is 1. The second-order valence-corrected chi connectivity index (χ2v) is 2.88. The quantitative estimate of drug-likeness (QED) is 0.457. The minimum Gasteiger partial charge on any atom is -0.150 e. The van der Waals surface area contributed by atoms with Gasteiger partial charge in [0.05, 0.1) is 0 Å². The molecule has 0 radical (unpaired) electrons. The summed E-state index contributed by atoms with van der Waals surface area (Å²) < 4.78 is 0. The summed E-state index contributed by atoms with van der Waals surface area (Å²) in [7, 11) is 0. The van der Waals surface area contributed by atoms with Crippen LogP contribution in [-0.4, -0.2) is 0 Å². The maximum absolute atomic E-state index is 10.4. The molecular weight excluding hydrogens is 150 g/mol. The minimum atomic E-state index is -0.269. The molecule has 1 aliphatic carbocycles. The highest BCUT2D eigenvalue weighted by Gasteiger charge is 2.14. The molecule has 60 valence electrons. The minimum absolute atomic E-state index is 0.269. The number of allylic oxidation sites excluding steroid dienone is 1. The Morgan fingerprint density at radius 2 is 2.17 bits per heavy atom. The Balaban J connectivity index is 2.49. The van der Waals surface area contributed by atoms with Gasteiger partial charge in [-0.3, -0.25) is 0 Å². The topological polar surface area (TPSA) is 29.4 Å². The lowest BCUT2D eigenvalue weighted by molar-refractivity contribution is 0.857. The highest BCUT2D eigenvalue weighted by atomic mass is 16.3. The molecule has 0 saturated carbocycles. The fourth-order valence-electron chi connectivity index (χ4n) is 1.53. The Morgan fingerprint density at radius 1 is 1.33 bits per heavy atom. The molecule has 2 rings (SSSR count). The van der Waals surface area contributed by atoms with Gasteiger partial charge in [0.1, 0.15) is 6.04 Å². The fraction of sp³-hybridized carbons (Fsp3) is 0.200. The van der Waals surface area contributed by atoms with Crippen LogP contribution in [0.2, 0.25) is 0 Å². The van der Waals surface area contributed by atoms with Crippen LogP contribution in [0.3, 0.4) is 0 Å². The first kappa shape index (κ1) is 7.22. The second-order valence-electron chi connectivity index (χ2n) is 2.88. The fourth-order valence-corrected chi connectivity index (χ4v) is 1.53. The van der Waals surface area contributed by atoms with Crippen molar-refractivity contribution >= 4 is 0 Å². The largest absolute Gasteiger partial charge is 0.150 e. The molecule has 0 heterocycles. The third-order valence-electron chi connectivity index (χ3n) is 2.14. The zero-order valence-electron chi connectivity index (χ0n) is 6.60. The van der Waals surface area contributed by atoms with Crippen LogP contribution in [0, 0.1) is 4.91 Å². The molecule has 1 unspecified atom stereocenters. The average Bonchev–Trinajstić information content (AvgIpc) is 2.17. The van der Waals surface area contributed by atoms with Crippen molar-refractivity contribution in [2.45, 2.75) is 12.5 Å². The Bertz CT molecular complexity index is 330. The summed E-state index contributed by atoms with van der Waals surface area (Å²) in [5.41, 5.74) is 2.26. The molecular formula is C10H9NO. The van der Waals surface area contributed by atoms with Crippen LogP contribution in [0.5, 0.6) is 0 Å². The van der Waals surface area contributed by atoms with Crippen LogP contribution in [0.4, 0.5) is 0 Å². The molecule has 0 amide bonds. The van der Waals surface area contributed by atoms with E-state index < -0.39 is 0 Å². The maximum atomic E-state index is 10.4. The van der Waals surface area contributed by atoms with E-state index >= 15 is 0 Å². The monoisotopic (exact) mass is 159 g/mol. The number of fused-ring (bicyclic) bond motifs is 1. The van der Waals surface area contributed by atoms with Gasteiger partial charge >= 0.3 is 0 Å². The van der Waals surface area contributed by atoms with E-state index in [4.69, 9.17) is 0 Å². The van der Waals surface area contributed by atoms with E-state index in [9.17, 15) is 4.91 Å². The van der Waals surface area contributed by atoms with Crippen molar-refractivity contribution in [3.05, 3.63) is 52.5 Å². The van der Waals surface area contributed by atoms with Crippen molar-refractivity contribution in [3.8, 4) is 0 Å². The van der Waals surface area contributed by atoms with E-state index in [0.717, 1.165) is 12.0 Å². The molecule has 2 heteroatoms. The van der Waals surface area contributed by atoms with Gasteiger partial charge in [0.2, 0.25) is 0 Å². The first-order valence-corrected chi connectivity index (χ1v) is 3.99. The van der Waals surface area contributed by atoms with Crippen LogP contribution in [0.15, 0.2) is 41.6 Å². The lowest BCUT2D eigenvalue weighted by Crippen LogP contribution is -2.01. The lowest BCUT2D eigenvalue weighted by atomic mass is 9.94. The van der Waals surface area contributed by atoms with E-state index in [-0.39, 0.29) is 6.04 Å². The predicted molar refractivity (Wildman–Crippen MR) is 47.8 cm³/mol. The first-order chi connectivity index (χ1) is 5.92. The van der Waals surface area contributed by atoms with Gasteiger partial charge in [-0.1, -0.05) is 41.6 Å². The molecule has 1 aromatic rings. The van der Waals surface area contributed by atoms with Crippen molar-refractivity contribution in [1.29, 1.82) is 0 Å². The normalized spacial score (nSPS) is 20.2. The number of nitrogens with zero attached hydrogens (tertiary/aromatic N) is 1. The zero-order chi connectivity index (χ0) is 8.39. The molecule has 1 atom stereocenters. The summed E-state index contributed by atoms with van der Waals surface area (Å²) in [6, 6.07) is 7.66. The number of hydrogen-bond donors (Lipinski definition) is 0. The zero-order valence-corrected chi connectivity index (χ0v) is 6.60. The molecule has 0 aliphatic heterocycles. The Labute approximate surface area is 70.9 Å². The Kier molecular flexibility index (Phi) is 1.74. The molecule has 0 fully saturated rings. The van der Waals surface area contributed by atoms with Gasteiger partial charge in [-0.25, -0.2) is 0 Å². The summed E-state index contributed by atoms with van der Waals surface area (Å²) in [6.07, 6.45) is 4.77. The summed E-state index contributed by atoms with van der Waals surface area (Å²) >= 11 is 0. The average molecular weight is 159 g/mol. The summed E-state index contributed by atoms with van der Waals surface area (Å²) in [5.74, 6) is 0. The lowest BCUT2D eigenvalue weighted by Gasteiger charge is -2.13. The van der Waals surface area contributed by atoms with Gasteiger partial charge < -0.3 is 0 Å². The second kappa shape index (κ2) is 2.89. The van der Waals surface area contributed by atoms with Crippen LogP contribution in [-0.2, 0) is 6.42 Å². The Hall–Kier alpha value is -1.44.